The fourth-order valence-corrected chi connectivity index (χ4v) is 4.75. The van der Waals surface area contributed by atoms with E-state index < -0.39 is 0 Å². The summed E-state index contributed by atoms with van der Waals surface area (Å²) in [5.41, 5.74) is 4.13. The molecule has 1 aromatic heterocycles. The molecule has 0 saturated carbocycles. The van der Waals surface area contributed by atoms with Gasteiger partial charge in [-0.25, -0.2) is 0 Å². The van der Waals surface area contributed by atoms with Crippen LogP contribution in [-0.2, 0) is 13.1 Å². The fourth-order valence-electron chi connectivity index (χ4n) is 4.63. The van der Waals surface area contributed by atoms with E-state index in [9.17, 15) is 9.59 Å². The van der Waals surface area contributed by atoms with Crippen LogP contribution in [0.4, 0.5) is 0 Å². The highest BCUT2D eigenvalue weighted by atomic mass is 35.5. The minimum Gasteiger partial charge on any atom is -0.351 e. The van der Waals surface area contributed by atoms with Crippen LogP contribution in [0.5, 0.6) is 0 Å². The highest BCUT2D eigenvalue weighted by Crippen LogP contribution is 2.27. The summed E-state index contributed by atoms with van der Waals surface area (Å²) in [5, 5.41) is 8.07. The smallest absolute Gasteiger partial charge is 0.272 e. The van der Waals surface area contributed by atoms with Crippen molar-refractivity contribution in [3.8, 4) is 0 Å². The molecule has 0 spiro atoms. The Balaban J connectivity index is 1.23. The number of hydrogen-bond donors (Lipinski definition) is 1. The van der Waals surface area contributed by atoms with Crippen molar-refractivity contribution in [3.63, 3.8) is 0 Å². The van der Waals surface area contributed by atoms with E-state index in [0.29, 0.717) is 36.9 Å². The van der Waals surface area contributed by atoms with Crippen molar-refractivity contribution in [1.29, 1.82) is 0 Å². The molecule has 0 saturated heterocycles. The van der Waals surface area contributed by atoms with Crippen LogP contribution in [-0.4, -0.2) is 39.6 Å². The van der Waals surface area contributed by atoms with Crippen molar-refractivity contribution in [2.45, 2.75) is 25.4 Å². The molecule has 2 amide bonds. The van der Waals surface area contributed by atoms with Gasteiger partial charge in [-0.1, -0.05) is 84.4 Å². The lowest BCUT2D eigenvalue weighted by Crippen LogP contribution is -2.39. The van der Waals surface area contributed by atoms with Crippen LogP contribution in [0.3, 0.4) is 0 Å². The maximum atomic E-state index is 13.0. The Bertz CT molecular complexity index is 1300. The summed E-state index contributed by atoms with van der Waals surface area (Å²) in [6.07, 6.45) is 0.751. The maximum Gasteiger partial charge on any atom is 0.272 e. The Morgan fingerprint density at radius 1 is 0.917 bits per heavy atom. The number of benzene rings is 3. The van der Waals surface area contributed by atoms with Crippen molar-refractivity contribution in [3.05, 3.63) is 124 Å². The number of nitrogens with one attached hydrogen (secondary N) is 1. The largest absolute Gasteiger partial charge is 0.351 e. The molecule has 36 heavy (non-hydrogen) atoms. The average molecular weight is 499 g/mol. The monoisotopic (exact) mass is 498 g/mol. The van der Waals surface area contributed by atoms with Crippen molar-refractivity contribution in [2.75, 3.05) is 13.1 Å². The molecule has 6 nitrogen and oxygen atoms in total. The second kappa shape index (κ2) is 10.8. The first-order valence-corrected chi connectivity index (χ1v) is 12.5. The van der Waals surface area contributed by atoms with Gasteiger partial charge in [0.2, 0.25) is 0 Å². The normalized spacial score (nSPS) is 13.1. The molecule has 1 aliphatic heterocycles. The predicted octanol–water partition coefficient (Wildman–Crippen LogP) is 5.14. The van der Waals surface area contributed by atoms with E-state index >= 15 is 0 Å². The van der Waals surface area contributed by atoms with Crippen molar-refractivity contribution < 1.29 is 9.59 Å². The van der Waals surface area contributed by atoms with Crippen LogP contribution in [0.15, 0.2) is 91.0 Å². The molecule has 7 heteroatoms. The average Bonchev–Trinajstić information content (AvgIpc) is 3.36. The van der Waals surface area contributed by atoms with Gasteiger partial charge in [0.25, 0.3) is 11.8 Å². The molecule has 0 radical (unpaired) electrons. The van der Waals surface area contributed by atoms with E-state index in [0.717, 1.165) is 12.0 Å². The Hall–Kier alpha value is -3.90. The third-order valence-electron chi connectivity index (χ3n) is 6.51. The SMILES string of the molecule is O=C(NCCC(c1ccccc1)c1ccccc1)c1cc2n(n1)CCN(Cc1ccc(Cl)cc1)C2=O. The highest BCUT2D eigenvalue weighted by molar-refractivity contribution is 6.30. The zero-order valence-electron chi connectivity index (χ0n) is 19.8. The fraction of sp³-hybridized carbons (Fsp3) is 0.207. The first-order valence-electron chi connectivity index (χ1n) is 12.1. The van der Waals surface area contributed by atoms with Gasteiger partial charge in [0.05, 0.1) is 6.54 Å². The van der Waals surface area contributed by atoms with E-state index in [1.165, 1.54) is 11.1 Å². The molecular formula is C29H27ClN4O2. The molecule has 0 bridgehead atoms. The summed E-state index contributed by atoms with van der Waals surface area (Å²) in [4.78, 5) is 27.7. The topological polar surface area (TPSA) is 67.2 Å². The van der Waals surface area contributed by atoms with Gasteiger partial charge in [-0.3, -0.25) is 14.3 Å². The van der Waals surface area contributed by atoms with Crippen LogP contribution in [0.25, 0.3) is 0 Å². The number of hydrogen-bond acceptors (Lipinski definition) is 3. The summed E-state index contributed by atoms with van der Waals surface area (Å²) >= 11 is 5.97. The van der Waals surface area contributed by atoms with E-state index in [1.807, 2.05) is 60.7 Å². The van der Waals surface area contributed by atoms with E-state index in [4.69, 9.17) is 11.6 Å². The summed E-state index contributed by atoms with van der Waals surface area (Å²) in [6, 6.07) is 29.7. The summed E-state index contributed by atoms with van der Waals surface area (Å²) in [5.74, 6) is -0.226. The third-order valence-corrected chi connectivity index (χ3v) is 6.76. The van der Waals surface area contributed by atoms with Crippen LogP contribution in [0.1, 0.15) is 50.0 Å². The molecule has 3 aromatic carbocycles. The molecule has 0 unspecified atom stereocenters. The zero-order chi connectivity index (χ0) is 24.9. The van der Waals surface area contributed by atoms with Crippen LogP contribution >= 0.6 is 11.6 Å². The Kier molecular flexibility index (Phi) is 7.14. The molecule has 1 aliphatic rings. The van der Waals surface area contributed by atoms with Crippen molar-refractivity contribution >= 4 is 23.4 Å². The molecule has 2 heterocycles. The quantitative estimate of drug-likeness (QED) is 0.365. The maximum absolute atomic E-state index is 13.0. The van der Waals surface area contributed by atoms with Gasteiger partial charge in [0.1, 0.15) is 5.69 Å². The van der Waals surface area contributed by atoms with Gasteiger partial charge in [0.15, 0.2) is 5.69 Å². The van der Waals surface area contributed by atoms with Gasteiger partial charge in [-0.15, -0.1) is 0 Å². The Morgan fingerprint density at radius 3 is 2.19 bits per heavy atom. The molecule has 0 aliphatic carbocycles. The van der Waals surface area contributed by atoms with Crippen LogP contribution in [0.2, 0.25) is 5.02 Å². The lowest BCUT2D eigenvalue weighted by Gasteiger charge is -2.27. The van der Waals surface area contributed by atoms with Gasteiger partial charge >= 0.3 is 0 Å². The second-order valence-electron chi connectivity index (χ2n) is 8.91. The number of amides is 2. The number of carbonyl (C=O) groups excluding carboxylic acids is 2. The molecule has 0 fully saturated rings. The lowest BCUT2D eigenvalue weighted by molar-refractivity contribution is 0.0683. The number of fused-ring (bicyclic) bond motifs is 1. The molecule has 1 N–H and O–H groups in total. The standard InChI is InChI=1S/C29H27ClN4O2/c30-24-13-11-21(12-14-24)20-33-17-18-34-27(29(33)36)19-26(32-34)28(35)31-16-15-25(22-7-3-1-4-8-22)23-9-5-2-6-10-23/h1-14,19,25H,15-18,20H2,(H,31,35). The number of aromatic nitrogens is 2. The van der Waals surface area contributed by atoms with E-state index in [1.54, 1.807) is 15.6 Å². The lowest BCUT2D eigenvalue weighted by atomic mass is 9.88. The summed E-state index contributed by atoms with van der Waals surface area (Å²) in [6.45, 7) is 2.06. The van der Waals surface area contributed by atoms with Crippen molar-refractivity contribution in [2.24, 2.45) is 0 Å². The Morgan fingerprint density at radius 2 is 1.56 bits per heavy atom. The summed E-state index contributed by atoms with van der Waals surface area (Å²) in [7, 11) is 0. The third kappa shape index (κ3) is 5.34. The Labute approximate surface area is 215 Å². The zero-order valence-corrected chi connectivity index (χ0v) is 20.6. The predicted molar refractivity (Wildman–Crippen MR) is 140 cm³/mol. The summed E-state index contributed by atoms with van der Waals surface area (Å²) < 4.78 is 1.63. The van der Waals surface area contributed by atoms with Gasteiger partial charge < -0.3 is 10.2 Å². The van der Waals surface area contributed by atoms with Crippen LogP contribution < -0.4 is 5.32 Å². The molecule has 182 valence electrons. The molecule has 4 aromatic rings. The first kappa shape index (κ1) is 23.8. The van der Waals surface area contributed by atoms with E-state index in [-0.39, 0.29) is 23.4 Å². The molecule has 5 rings (SSSR count). The minimum atomic E-state index is -0.270. The van der Waals surface area contributed by atoms with Gasteiger partial charge in [0, 0.05) is 36.6 Å². The van der Waals surface area contributed by atoms with Gasteiger partial charge in [-0.2, -0.15) is 5.10 Å². The number of carbonyl (C=O) groups is 2. The van der Waals surface area contributed by atoms with Crippen molar-refractivity contribution in [1.82, 2.24) is 20.0 Å². The number of halogens is 1. The molecular weight excluding hydrogens is 472 g/mol. The number of rotatable bonds is 8. The first-order chi connectivity index (χ1) is 17.6. The minimum absolute atomic E-state index is 0.129. The molecule has 0 atom stereocenters. The number of nitrogens with zero attached hydrogens (tertiary/aromatic N) is 3. The van der Waals surface area contributed by atoms with Gasteiger partial charge in [-0.05, 0) is 35.2 Å². The van der Waals surface area contributed by atoms with Crippen LogP contribution in [0, 0.1) is 0 Å². The van der Waals surface area contributed by atoms with E-state index in [2.05, 4.69) is 34.7 Å². The highest BCUT2D eigenvalue weighted by Gasteiger charge is 2.28. The second-order valence-corrected chi connectivity index (χ2v) is 9.35.